The van der Waals surface area contributed by atoms with Crippen molar-refractivity contribution in [3.8, 4) is 11.3 Å². The van der Waals surface area contributed by atoms with Gasteiger partial charge in [-0.05, 0) is 12.1 Å². The lowest BCUT2D eigenvalue weighted by molar-refractivity contribution is 0.0398. The summed E-state index contributed by atoms with van der Waals surface area (Å²) in [5.74, 6) is 1.23. The van der Waals surface area contributed by atoms with Gasteiger partial charge in [-0.15, -0.1) is 0 Å². The number of halogens is 1. The van der Waals surface area contributed by atoms with E-state index >= 15 is 0 Å². The fourth-order valence-electron chi connectivity index (χ4n) is 5.36. The van der Waals surface area contributed by atoms with Gasteiger partial charge in [-0.1, -0.05) is 23.7 Å². The van der Waals surface area contributed by atoms with E-state index in [2.05, 4.69) is 50.6 Å². The van der Waals surface area contributed by atoms with Crippen LogP contribution in [0.4, 0.5) is 17.6 Å². The van der Waals surface area contributed by atoms with Crippen molar-refractivity contribution in [1.29, 1.82) is 0 Å². The summed E-state index contributed by atoms with van der Waals surface area (Å²) in [4.78, 5) is 22.5. The average molecular weight is 650 g/mol. The lowest BCUT2D eigenvalue weighted by Crippen LogP contribution is -2.39. The van der Waals surface area contributed by atoms with Gasteiger partial charge in [0, 0.05) is 90.1 Å². The monoisotopic (exact) mass is 649 g/mol. The Balaban J connectivity index is 0.000000167. The average Bonchev–Trinajstić information content (AvgIpc) is 3.56. The molecule has 0 spiro atoms. The van der Waals surface area contributed by atoms with Gasteiger partial charge in [0.1, 0.15) is 5.69 Å². The second-order valence-corrected chi connectivity index (χ2v) is 11.5. The molecule has 0 amide bonds. The van der Waals surface area contributed by atoms with Crippen LogP contribution < -0.4 is 16.4 Å². The van der Waals surface area contributed by atoms with Crippen LogP contribution in [0.15, 0.2) is 36.7 Å². The molecule has 2 saturated heterocycles. The van der Waals surface area contributed by atoms with Crippen molar-refractivity contribution >= 4 is 51.3 Å². The molecule has 5 aromatic rings. The van der Waals surface area contributed by atoms with E-state index in [-0.39, 0.29) is 0 Å². The van der Waals surface area contributed by atoms with Crippen molar-refractivity contribution < 1.29 is 9.47 Å². The minimum atomic E-state index is 0.433. The van der Waals surface area contributed by atoms with Crippen LogP contribution in [0.1, 0.15) is 0 Å². The molecule has 4 aromatic heterocycles. The lowest BCUT2D eigenvalue weighted by atomic mass is 10.1. The normalized spacial score (nSPS) is 16.0. The first-order chi connectivity index (χ1) is 22.4. The summed E-state index contributed by atoms with van der Waals surface area (Å²) in [6, 6.07) is 7.67. The molecular weight excluding hydrogens is 610 g/mol. The fourth-order valence-corrected chi connectivity index (χ4v) is 5.61. The number of nitrogens with two attached hydrogens (primary N) is 1. The highest BCUT2D eigenvalue weighted by Crippen LogP contribution is 2.27. The highest BCUT2D eigenvalue weighted by atomic mass is 35.5. The number of benzene rings is 1. The molecule has 2 fully saturated rings. The topological polar surface area (TPSA) is 162 Å². The third kappa shape index (κ3) is 7.79. The number of nitrogen functional groups attached to an aromatic ring is 1. The summed E-state index contributed by atoms with van der Waals surface area (Å²) in [5, 5.41) is 17.4. The highest BCUT2D eigenvalue weighted by molar-refractivity contribution is 6.34. The van der Waals surface area contributed by atoms with E-state index in [1.54, 1.807) is 15.6 Å². The zero-order valence-corrected chi connectivity index (χ0v) is 26.9. The zero-order valence-electron chi connectivity index (χ0n) is 26.2. The van der Waals surface area contributed by atoms with Crippen LogP contribution in [0, 0.1) is 0 Å². The number of hydrogen-bond donors (Lipinski definition) is 3. The molecule has 0 unspecified atom stereocenters. The molecule has 0 aliphatic carbocycles. The Morgan fingerprint density at radius 3 is 1.80 bits per heavy atom. The van der Waals surface area contributed by atoms with Crippen molar-refractivity contribution in [3.05, 3.63) is 41.8 Å². The van der Waals surface area contributed by atoms with E-state index in [0.29, 0.717) is 17.0 Å². The number of rotatable bonds is 9. The first kappa shape index (κ1) is 31.8. The second-order valence-electron chi connectivity index (χ2n) is 11.1. The Hall–Kier alpha value is -4.15. The summed E-state index contributed by atoms with van der Waals surface area (Å²) in [7, 11) is 3.71. The van der Waals surface area contributed by atoms with Gasteiger partial charge in [-0.3, -0.25) is 9.80 Å². The minimum absolute atomic E-state index is 0.433. The fraction of sp³-hybridized carbons (Fsp3) is 0.467. The van der Waals surface area contributed by atoms with Crippen molar-refractivity contribution in [3.63, 3.8) is 0 Å². The molecule has 0 saturated carbocycles. The first-order valence-corrected chi connectivity index (χ1v) is 15.8. The van der Waals surface area contributed by atoms with E-state index in [4.69, 9.17) is 26.8 Å². The SMILES string of the molecule is Cn1nc(-c2ccc(N)cc2)c2cnc(NCCN3CCOCC3)nc21.Cn1nc(Cl)c2cnc(NCCN3CCOCC3)nc21. The Morgan fingerprint density at radius 1 is 0.739 bits per heavy atom. The Morgan fingerprint density at radius 2 is 1.24 bits per heavy atom. The van der Waals surface area contributed by atoms with Crippen molar-refractivity contribution in [2.75, 3.05) is 95.2 Å². The summed E-state index contributed by atoms with van der Waals surface area (Å²) < 4.78 is 14.1. The molecule has 6 heterocycles. The maximum absolute atomic E-state index is 5.99. The molecule has 1 aromatic carbocycles. The van der Waals surface area contributed by atoms with Crippen molar-refractivity contribution in [2.24, 2.45) is 14.1 Å². The van der Waals surface area contributed by atoms with E-state index in [1.807, 2.05) is 44.6 Å². The van der Waals surface area contributed by atoms with Gasteiger partial charge in [0.25, 0.3) is 0 Å². The van der Waals surface area contributed by atoms with E-state index in [9.17, 15) is 0 Å². The summed E-state index contributed by atoms with van der Waals surface area (Å²) >= 11 is 5.99. The zero-order chi connectivity index (χ0) is 31.9. The predicted molar refractivity (Wildman–Crippen MR) is 179 cm³/mol. The Kier molecular flexibility index (Phi) is 10.3. The van der Waals surface area contributed by atoms with Gasteiger partial charge in [0.05, 0.1) is 37.2 Å². The molecule has 15 nitrogen and oxygen atoms in total. The van der Waals surface area contributed by atoms with Crippen LogP contribution >= 0.6 is 11.6 Å². The van der Waals surface area contributed by atoms with Crippen LogP contribution in [-0.2, 0) is 23.6 Å². The highest BCUT2D eigenvalue weighted by Gasteiger charge is 2.15. The van der Waals surface area contributed by atoms with Crippen LogP contribution in [0.25, 0.3) is 33.3 Å². The minimum Gasteiger partial charge on any atom is -0.399 e. The second kappa shape index (κ2) is 15.0. The maximum Gasteiger partial charge on any atom is 0.224 e. The number of hydrogen-bond acceptors (Lipinski definition) is 13. The van der Waals surface area contributed by atoms with Gasteiger partial charge in [0.15, 0.2) is 16.4 Å². The standard InChI is InChI=1S/C18H23N7O.C12H17ClN6O/c1-24-17-15(16(23-24)13-2-4-14(19)5-3-13)12-21-18(22-17)20-6-7-25-8-10-26-11-9-25;1-18-11-9(10(13)17-18)8-15-12(16-11)14-2-3-19-4-6-20-7-5-19/h2-5,12H,6-11,19H2,1H3,(H,20,21,22);8H,2-7H2,1H3,(H,14,15,16). The number of nitrogens with zero attached hydrogens (tertiary/aromatic N) is 10. The van der Waals surface area contributed by atoms with Gasteiger partial charge in [0.2, 0.25) is 11.9 Å². The molecular formula is C30H40ClN13O2. The van der Waals surface area contributed by atoms with Gasteiger partial charge >= 0.3 is 0 Å². The Bertz CT molecular complexity index is 1730. The lowest BCUT2D eigenvalue weighted by Gasteiger charge is -2.26. The molecule has 0 bridgehead atoms. The molecule has 46 heavy (non-hydrogen) atoms. The molecule has 7 rings (SSSR count). The number of nitrogens with one attached hydrogen (secondary N) is 2. The van der Waals surface area contributed by atoms with Crippen LogP contribution in [-0.4, -0.2) is 128 Å². The Labute approximate surface area is 272 Å². The smallest absolute Gasteiger partial charge is 0.224 e. The number of aryl methyl sites for hydroxylation is 2. The number of anilines is 3. The van der Waals surface area contributed by atoms with E-state index in [0.717, 1.165) is 118 Å². The number of ether oxygens (including phenoxy) is 2. The van der Waals surface area contributed by atoms with Crippen molar-refractivity contribution in [1.82, 2.24) is 49.3 Å². The van der Waals surface area contributed by atoms with Crippen LogP contribution in [0.5, 0.6) is 0 Å². The summed E-state index contributed by atoms with van der Waals surface area (Å²) in [5.41, 5.74) is 9.91. The predicted octanol–water partition coefficient (Wildman–Crippen LogP) is 2.12. The van der Waals surface area contributed by atoms with Crippen LogP contribution in [0.2, 0.25) is 5.15 Å². The largest absolute Gasteiger partial charge is 0.399 e. The molecule has 2 aliphatic heterocycles. The van der Waals surface area contributed by atoms with Gasteiger partial charge < -0.3 is 25.8 Å². The quantitative estimate of drug-likeness (QED) is 0.199. The van der Waals surface area contributed by atoms with E-state index in [1.165, 1.54) is 0 Å². The maximum atomic E-state index is 5.99. The van der Waals surface area contributed by atoms with Crippen LogP contribution in [0.3, 0.4) is 0 Å². The molecule has 16 heteroatoms. The third-order valence-corrected chi connectivity index (χ3v) is 8.21. The molecule has 0 atom stereocenters. The number of morpholine rings is 2. The summed E-state index contributed by atoms with van der Waals surface area (Å²) in [6.07, 6.45) is 3.53. The van der Waals surface area contributed by atoms with Gasteiger partial charge in [-0.2, -0.15) is 20.2 Å². The molecule has 2 aliphatic rings. The number of fused-ring (bicyclic) bond motifs is 2. The van der Waals surface area contributed by atoms with Gasteiger partial charge in [-0.25, -0.2) is 19.3 Å². The van der Waals surface area contributed by atoms with Crippen molar-refractivity contribution in [2.45, 2.75) is 0 Å². The molecule has 244 valence electrons. The number of aromatic nitrogens is 8. The first-order valence-electron chi connectivity index (χ1n) is 15.4. The summed E-state index contributed by atoms with van der Waals surface area (Å²) in [6.45, 7) is 10.7. The van der Waals surface area contributed by atoms with E-state index < -0.39 is 0 Å². The molecule has 0 radical (unpaired) electrons. The third-order valence-electron chi connectivity index (χ3n) is 7.93. The molecule has 4 N–H and O–H groups in total.